The number of hydrogen-bond donors (Lipinski definition) is 2. The average Bonchev–Trinajstić information content (AvgIpc) is 1.80. The van der Waals surface area contributed by atoms with E-state index in [9.17, 15) is 13.2 Å². The van der Waals surface area contributed by atoms with Gasteiger partial charge >= 0.3 is 37.7 Å². The van der Waals surface area contributed by atoms with E-state index in [0.29, 0.717) is 0 Å². The second-order valence-corrected chi connectivity index (χ2v) is 4.76. The normalized spacial score (nSPS) is 11.4. The quantitative estimate of drug-likeness (QED) is 0.410. The van der Waals surface area contributed by atoms with Crippen LogP contribution in [0.25, 0.3) is 0 Å². The Bertz CT molecular complexity index is 318. The molecular formula is C7H15CaNO4S. The molecule has 0 aliphatic heterocycles. The maximum atomic E-state index is 10.8. The van der Waals surface area contributed by atoms with Gasteiger partial charge in [-0.2, -0.15) is 8.42 Å². The Hall–Kier alpha value is 0.380. The summed E-state index contributed by atoms with van der Waals surface area (Å²) in [7, 11) is -4.08. The fourth-order valence-corrected chi connectivity index (χ4v) is 1.86. The SMILES string of the molecule is C=CC(=O)NC(C)(C)CS(=O)(=O)O.[Ca+2].[H-].[H-]. The van der Waals surface area contributed by atoms with Crippen molar-refractivity contribution in [1.82, 2.24) is 5.32 Å². The topological polar surface area (TPSA) is 83.5 Å². The van der Waals surface area contributed by atoms with Crippen molar-refractivity contribution in [2.24, 2.45) is 0 Å². The molecule has 0 radical (unpaired) electrons. The van der Waals surface area contributed by atoms with Gasteiger partial charge in [-0.15, -0.1) is 0 Å². The zero-order chi connectivity index (χ0) is 10.7. The molecule has 80 valence electrons. The Morgan fingerprint density at radius 1 is 1.64 bits per heavy atom. The number of rotatable bonds is 4. The van der Waals surface area contributed by atoms with Gasteiger partial charge in [-0.1, -0.05) is 6.58 Å². The number of carbonyl (C=O) groups excluding carboxylic acids is 1. The minimum atomic E-state index is -4.08. The molecule has 0 saturated carbocycles. The third kappa shape index (κ3) is 8.96. The van der Waals surface area contributed by atoms with E-state index in [2.05, 4.69) is 11.9 Å². The van der Waals surface area contributed by atoms with E-state index in [1.165, 1.54) is 13.8 Å². The van der Waals surface area contributed by atoms with Crippen LogP contribution in [0.4, 0.5) is 0 Å². The van der Waals surface area contributed by atoms with Gasteiger partial charge in [0.2, 0.25) is 5.91 Å². The van der Waals surface area contributed by atoms with Crippen LogP contribution in [-0.2, 0) is 14.9 Å². The molecule has 0 aliphatic rings. The number of hydrogen-bond acceptors (Lipinski definition) is 3. The van der Waals surface area contributed by atoms with Crippen LogP contribution in [0.3, 0.4) is 0 Å². The molecule has 0 aromatic heterocycles. The van der Waals surface area contributed by atoms with Crippen LogP contribution in [0.2, 0.25) is 0 Å². The summed E-state index contributed by atoms with van der Waals surface area (Å²) in [5.41, 5.74) is -1.00. The van der Waals surface area contributed by atoms with Gasteiger partial charge in [0.15, 0.2) is 0 Å². The molecule has 7 heteroatoms. The molecule has 0 bridgehead atoms. The van der Waals surface area contributed by atoms with Crippen LogP contribution in [0, 0.1) is 0 Å². The monoisotopic (exact) mass is 249 g/mol. The van der Waals surface area contributed by atoms with Crippen LogP contribution in [0.15, 0.2) is 12.7 Å². The molecule has 1 amide bonds. The molecule has 0 aromatic carbocycles. The van der Waals surface area contributed by atoms with Crippen molar-refractivity contribution in [3.05, 3.63) is 12.7 Å². The zero-order valence-electron chi connectivity index (χ0n) is 10.3. The number of nitrogens with one attached hydrogen (secondary N) is 1. The van der Waals surface area contributed by atoms with Gasteiger partial charge in [0, 0.05) is 0 Å². The van der Waals surface area contributed by atoms with Gasteiger partial charge in [-0.25, -0.2) is 0 Å². The third-order valence-electron chi connectivity index (χ3n) is 1.19. The van der Waals surface area contributed by atoms with Gasteiger partial charge in [-0.05, 0) is 19.9 Å². The van der Waals surface area contributed by atoms with E-state index in [-0.39, 0.29) is 40.6 Å². The fraction of sp³-hybridized carbons (Fsp3) is 0.571. The van der Waals surface area contributed by atoms with E-state index >= 15 is 0 Å². The first-order valence-corrected chi connectivity index (χ1v) is 5.17. The maximum absolute atomic E-state index is 10.8. The summed E-state index contributed by atoms with van der Waals surface area (Å²) in [6, 6.07) is 0. The van der Waals surface area contributed by atoms with E-state index in [1.807, 2.05) is 0 Å². The van der Waals surface area contributed by atoms with Crippen molar-refractivity contribution in [3.8, 4) is 0 Å². The summed E-state index contributed by atoms with van der Waals surface area (Å²) in [5.74, 6) is -1.01. The zero-order valence-corrected chi connectivity index (χ0v) is 11.3. The van der Waals surface area contributed by atoms with Crippen LogP contribution in [0.5, 0.6) is 0 Å². The molecule has 5 nitrogen and oxygen atoms in total. The maximum Gasteiger partial charge on any atom is 2.00 e. The van der Waals surface area contributed by atoms with Crippen LogP contribution in [0.1, 0.15) is 16.7 Å². The third-order valence-corrected chi connectivity index (χ3v) is 2.28. The molecule has 0 heterocycles. The summed E-state index contributed by atoms with van der Waals surface area (Å²) in [4.78, 5) is 10.8. The van der Waals surface area contributed by atoms with Crippen LogP contribution < -0.4 is 5.32 Å². The van der Waals surface area contributed by atoms with Crippen LogP contribution >= 0.6 is 0 Å². The van der Waals surface area contributed by atoms with Crippen LogP contribution in [-0.4, -0.2) is 67.9 Å². The predicted molar refractivity (Wildman–Crippen MR) is 56.8 cm³/mol. The van der Waals surface area contributed by atoms with Crippen molar-refractivity contribution >= 4 is 53.8 Å². The van der Waals surface area contributed by atoms with Gasteiger partial charge in [0.25, 0.3) is 10.1 Å². The predicted octanol–water partition coefficient (Wildman–Crippen LogP) is -0.201. The van der Waals surface area contributed by atoms with Crippen molar-refractivity contribution in [3.63, 3.8) is 0 Å². The van der Waals surface area contributed by atoms with E-state index < -0.39 is 27.3 Å². The Labute approximate surface area is 117 Å². The molecule has 14 heavy (non-hydrogen) atoms. The van der Waals surface area contributed by atoms with Crippen molar-refractivity contribution in [1.29, 1.82) is 0 Å². The van der Waals surface area contributed by atoms with Crippen molar-refractivity contribution < 1.29 is 20.6 Å². The van der Waals surface area contributed by atoms with E-state index in [4.69, 9.17) is 4.55 Å². The Kier molecular flexibility index (Phi) is 7.28. The summed E-state index contributed by atoms with van der Waals surface area (Å²) in [6.45, 7) is 6.19. The Morgan fingerprint density at radius 3 is 2.36 bits per heavy atom. The van der Waals surface area contributed by atoms with Gasteiger partial charge in [0.05, 0.1) is 11.3 Å². The second-order valence-electron chi connectivity index (χ2n) is 3.30. The Morgan fingerprint density at radius 2 is 2.07 bits per heavy atom. The first-order chi connectivity index (χ1) is 5.66. The molecule has 0 aromatic rings. The number of carbonyl (C=O) groups is 1. The standard InChI is InChI=1S/C7H13NO4S.Ca.2H/c1-4-6(9)8-7(2,3)5-13(10,11)12;;;/h4H,1,5H2,2-3H3,(H,8,9)(H,10,11,12);;;/q;+2;2*-1. The molecule has 0 fully saturated rings. The van der Waals surface area contributed by atoms with Crippen molar-refractivity contribution in [2.45, 2.75) is 19.4 Å². The van der Waals surface area contributed by atoms with E-state index in [1.54, 1.807) is 0 Å². The molecule has 0 spiro atoms. The van der Waals surface area contributed by atoms with E-state index in [0.717, 1.165) is 6.08 Å². The van der Waals surface area contributed by atoms with Gasteiger partial charge in [0.1, 0.15) is 0 Å². The summed E-state index contributed by atoms with van der Waals surface area (Å²) < 4.78 is 29.5. The van der Waals surface area contributed by atoms with Gasteiger partial charge in [-0.3, -0.25) is 9.35 Å². The molecule has 2 N–H and O–H groups in total. The summed E-state index contributed by atoms with van der Waals surface area (Å²) in [6.07, 6.45) is 1.03. The molecule has 0 atom stereocenters. The number of amides is 1. The minimum Gasteiger partial charge on any atom is -1.00 e. The summed E-state index contributed by atoms with van der Waals surface area (Å²) in [5, 5.41) is 2.37. The van der Waals surface area contributed by atoms with Gasteiger partial charge < -0.3 is 8.17 Å². The first kappa shape index (κ1) is 16.8. The largest absolute Gasteiger partial charge is 2.00 e. The van der Waals surface area contributed by atoms with Crippen molar-refractivity contribution in [2.75, 3.05) is 5.75 Å². The molecule has 0 aliphatic carbocycles. The molecular weight excluding hydrogens is 234 g/mol. The fourth-order valence-electron chi connectivity index (χ4n) is 0.877. The second kappa shape index (κ2) is 6.07. The molecule has 0 rings (SSSR count). The first-order valence-electron chi connectivity index (χ1n) is 3.56. The molecule has 0 unspecified atom stereocenters. The average molecular weight is 249 g/mol. The summed E-state index contributed by atoms with van der Waals surface area (Å²) >= 11 is 0. The smallest absolute Gasteiger partial charge is 1.00 e. The minimum absolute atomic E-state index is 0. The molecule has 0 saturated heterocycles. The Balaban J connectivity index is -0.000000240.